The van der Waals surface area contributed by atoms with Crippen molar-refractivity contribution in [2.45, 2.75) is 6.61 Å². The van der Waals surface area contributed by atoms with E-state index in [0.717, 1.165) is 5.56 Å². The lowest BCUT2D eigenvalue weighted by Gasteiger charge is -2.01. The third-order valence-electron chi connectivity index (χ3n) is 1.28. The van der Waals surface area contributed by atoms with Crippen LogP contribution in [0, 0.1) is 0 Å². The van der Waals surface area contributed by atoms with Gasteiger partial charge in [0.25, 0.3) is 0 Å². The van der Waals surface area contributed by atoms with E-state index in [-0.39, 0.29) is 13.1 Å². The van der Waals surface area contributed by atoms with Gasteiger partial charge in [-0.2, -0.15) is 4.89 Å². The highest BCUT2D eigenvalue weighted by molar-refractivity contribution is 6.31. The van der Waals surface area contributed by atoms with Crippen LogP contribution in [0.1, 0.15) is 5.56 Å². The van der Waals surface area contributed by atoms with Gasteiger partial charge in [-0.15, -0.1) is 0 Å². The first-order chi connectivity index (χ1) is 5.84. The molecule has 0 aliphatic carbocycles. The highest BCUT2D eigenvalue weighted by Gasteiger charge is 1.98. The molecule has 0 spiro atoms. The molecular weight excluding hydrogens is 180 g/mol. The SMILES string of the molecule is O=COOCc1ccccc1Cl. The van der Waals surface area contributed by atoms with Crippen molar-refractivity contribution in [3.05, 3.63) is 34.9 Å². The highest BCUT2D eigenvalue weighted by Crippen LogP contribution is 2.15. The van der Waals surface area contributed by atoms with Crippen molar-refractivity contribution in [2.75, 3.05) is 0 Å². The lowest BCUT2D eigenvalue weighted by atomic mass is 10.2. The van der Waals surface area contributed by atoms with Gasteiger partial charge in [-0.05, 0) is 6.07 Å². The molecule has 0 aliphatic rings. The third-order valence-corrected chi connectivity index (χ3v) is 1.65. The van der Waals surface area contributed by atoms with Gasteiger partial charge in [-0.3, -0.25) is 4.79 Å². The highest BCUT2D eigenvalue weighted by atomic mass is 35.5. The predicted molar refractivity (Wildman–Crippen MR) is 43.4 cm³/mol. The van der Waals surface area contributed by atoms with E-state index in [2.05, 4.69) is 9.78 Å². The summed E-state index contributed by atoms with van der Waals surface area (Å²) in [5.74, 6) is 0. The van der Waals surface area contributed by atoms with Gasteiger partial charge in [0.15, 0.2) is 0 Å². The Labute approximate surface area is 74.8 Å². The molecule has 0 heterocycles. The molecule has 0 aliphatic heterocycles. The first kappa shape index (κ1) is 9.03. The first-order valence-electron chi connectivity index (χ1n) is 3.30. The zero-order chi connectivity index (χ0) is 8.81. The molecule has 0 fully saturated rings. The van der Waals surface area contributed by atoms with Crippen LogP contribution in [0.5, 0.6) is 0 Å². The Hall–Kier alpha value is -1.06. The molecule has 12 heavy (non-hydrogen) atoms. The largest absolute Gasteiger partial charge is 0.330 e. The van der Waals surface area contributed by atoms with E-state index in [1.807, 2.05) is 12.1 Å². The Morgan fingerprint density at radius 3 is 2.83 bits per heavy atom. The molecule has 1 rings (SSSR count). The second kappa shape index (κ2) is 4.74. The minimum atomic E-state index is 0.165. The quantitative estimate of drug-likeness (QED) is 0.312. The van der Waals surface area contributed by atoms with Gasteiger partial charge >= 0.3 is 6.47 Å². The van der Waals surface area contributed by atoms with Crippen molar-refractivity contribution in [1.29, 1.82) is 0 Å². The summed E-state index contributed by atoms with van der Waals surface area (Å²) < 4.78 is 0. The standard InChI is InChI=1S/C8H7ClO3/c9-8-4-2-1-3-7(8)5-11-12-6-10/h1-4,6H,5H2. The van der Waals surface area contributed by atoms with E-state index in [0.29, 0.717) is 5.02 Å². The molecule has 0 saturated carbocycles. The Kier molecular flexibility index (Phi) is 3.57. The zero-order valence-electron chi connectivity index (χ0n) is 6.20. The molecule has 0 saturated heterocycles. The van der Waals surface area contributed by atoms with Crippen molar-refractivity contribution in [3.8, 4) is 0 Å². The van der Waals surface area contributed by atoms with Crippen LogP contribution in [0.3, 0.4) is 0 Å². The predicted octanol–water partition coefficient (Wildman–Crippen LogP) is 1.94. The van der Waals surface area contributed by atoms with Gasteiger partial charge in [-0.1, -0.05) is 29.8 Å². The van der Waals surface area contributed by atoms with E-state index in [4.69, 9.17) is 11.6 Å². The molecule has 0 atom stereocenters. The van der Waals surface area contributed by atoms with E-state index >= 15 is 0 Å². The van der Waals surface area contributed by atoms with Crippen LogP contribution >= 0.6 is 11.6 Å². The normalized spacial score (nSPS) is 9.42. The summed E-state index contributed by atoms with van der Waals surface area (Å²) >= 11 is 5.78. The maximum absolute atomic E-state index is 9.70. The van der Waals surface area contributed by atoms with E-state index in [1.165, 1.54) is 0 Å². The van der Waals surface area contributed by atoms with Crippen LogP contribution in [0.15, 0.2) is 24.3 Å². The second-order valence-corrected chi connectivity index (χ2v) is 2.45. The summed E-state index contributed by atoms with van der Waals surface area (Å²) in [4.78, 5) is 18.3. The molecule has 0 amide bonds. The summed E-state index contributed by atoms with van der Waals surface area (Å²) in [6.45, 7) is 0.384. The molecule has 1 aromatic carbocycles. The molecule has 4 heteroatoms. The average molecular weight is 187 g/mol. The third kappa shape index (κ3) is 2.53. The number of carbonyl (C=O) groups excluding carboxylic acids is 1. The topological polar surface area (TPSA) is 35.5 Å². The molecule has 0 aromatic heterocycles. The first-order valence-corrected chi connectivity index (χ1v) is 3.67. The summed E-state index contributed by atoms with van der Waals surface area (Å²) in [6, 6.07) is 7.16. The molecule has 3 nitrogen and oxygen atoms in total. The molecule has 0 radical (unpaired) electrons. The molecule has 0 unspecified atom stereocenters. The number of halogens is 1. The van der Waals surface area contributed by atoms with Gasteiger partial charge < -0.3 is 4.89 Å². The minimum Gasteiger partial charge on any atom is -0.301 e. The van der Waals surface area contributed by atoms with Crippen LogP contribution in [0.2, 0.25) is 5.02 Å². The molecule has 0 N–H and O–H groups in total. The van der Waals surface area contributed by atoms with Gasteiger partial charge in [0.1, 0.15) is 6.61 Å². The van der Waals surface area contributed by atoms with Crippen molar-refractivity contribution >= 4 is 18.1 Å². The van der Waals surface area contributed by atoms with Crippen LogP contribution in [0.25, 0.3) is 0 Å². The Morgan fingerprint density at radius 1 is 1.42 bits per heavy atom. The summed E-state index contributed by atoms with van der Waals surface area (Å²) in [5.41, 5.74) is 0.779. The van der Waals surface area contributed by atoms with E-state index < -0.39 is 0 Å². The van der Waals surface area contributed by atoms with Crippen LogP contribution in [0.4, 0.5) is 0 Å². The molecule has 0 bridgehead atoms. The maximum atomic E-state index is 9.70. The number of hydrogen-bond acceptors (Lipinski definition) is 3. The fourth-order valence-electron chi connectivity index (χ4n) is 0.741. The summed E-state index contributed by atoms with van der Waals surface area (Å²) in [5, 5.41) is 0.590. The van der Waals surface area contributed by atoms with Crippen molar-refractivity contribution in [3.63, 3.8) is 0 Å². The maximum Gasteiger partial charge on any atom is 0.330 e. The zero-order valence-corrected chi connectivity index (χ0v) is 6.95. The van der Waals surface area contributed by atoms with E-state index in [1.54, 1.807) is 12.1 Å². The molecule has 1 aromatic rings. The number of benzene rings is 1. The lowest BCUT2D eigenvalue weighted by molar-refractivity contribution is -0.266. The average Bonchev–Trinajstić information content (AvgIpc) is 2.09. The Bertz CT molecular complexity index is 262. The van der Waals surface area contributed by atoms with Gasteiger partial charge in [0, 0.05) is 10.6 Å². The molecule has 64 valence electrons. The van der Waals surface area contributed by atoms with Crippen molar-refractivity contribution in [1.82, 2.24) is 0 Å². The van der Waals surface area contributed by atoms with Crippen LogP contribution < -0.4 is 0 Å². The van der Waals surface area contributed by atoms with Crippen molar-refractivity contribution < 1.29 is 14.6 Å². The monoisotopic (exact) mass is 186 g/mol. The number of carbonyl (C=O) groups is 1. The van der Waals surface area contributed by atoms with Crippen LogP contribution in [-0.4, -0.2) is 6.47 Å². The number of rotatable bonds is 4. The van der Waals surface area contributed by atoms with Gasteiger partial charge in [-0.25, -0.2) is 0 Å². The second-order valence-electron chi connectivity index (χ2n) is 2.05. The summed E-state index contributed by atoms with van der Waals surface area (Å²) in [7, 11) is 0. The van der Waals surface area contributed by atoms with E-state index in [9.17, 15) is 4.79 Å². The van der Waals surface area contributed by atoms with Gasteiger partial charge in [0.2, 0.25) is 0 Å². The Morgan fingerprint density at radius 2 is 2.17 bits per heavy atom. The summed E-state index contributed by atoms with van der Waals surface area (Å²) in [6.07, 6.45) is 0. The number of hydrogen-bond donors (Lipinski definition) is 0. The molecular formula is C8H7ClO3. The van der Waals surface area contributed by atoms with Gasteiger partial charge in [0.05, 0.1) is 0 Å². The van der Waals surface area contributed by atoms with Crippen molar-refractivity contribution in [2.24, 2.45) is 0 Å². The minimum absolute atomic E-state index is 0.165. The fraction of sp³-hybridized carbons (Fsp3) is 0.125. The smallest absolute Gasteiger partial charge is 0.301 e. The lowest BCUT2D eigenvalue weighted by Crippen LogP contribution is -1.93. The van der Waals surface area contributed by atoms with Crippen LogP contribution in [-0.2, 0) is 21.2 Å². The Balaban J connectivity index is 2.51. The fourth-order valence-corrected chi connectivity index (χ4v) is 0.931.